The van der Waals surface area contributed by atoms with E-state index < -0.39 is 50.9 Å². The summed E-state index contributed by atoms with van der Waals surface area (Å²) in [5.74, 6) is 1.87. The van der Waals surface area contributed by atoms with Gasteiger partial charge in [-0.1, -0.05) is 71.3 Å². The Morgan fingerprint density at radius 3 is 1.70 bits per heavy atom. The average Bonchev–Trinajstić information content (AvgIpc) is 3.13. The molecule has 2 atom stereocenters. The Bertz CT molecular complexity index is 1210. The van der Waals surface area contributed by atoms with E-state index in [1.54, 1.807) is 13.1 Å². The second-order valence-electron chi connectivity index (χ2n) is 11.5. The standard InChI is InChI=1S/C28H48N10O8Si.C4H10S2/c1-5-7-10-15-31-27(42)22(35-24(39)13-8-11-16-33-37-29)20-45-47(3,4)46-21-23(28(43)32-19-26(41)44-18-6-2)36-25(40)14-9-12-17-34-38-30;1-3-5-6-4-2/h2,22-23H,5,7-21H2,1,3-4H3,(H,31,42)(H,32,43)(H,35,39)(H,36,40);3-4H2,1-2H3. The second kappa shape index (κ2) is 35.4. The Morgan fingerprint density at radius 2 is 1.26 bits per heavy atom. The zero-order valence-electron chi connectivity index (χ0n) is 31.7. The largest absolute Gasteiger partial charge is 0.451 e. The second-order valence-corrected chi connectivity index (χ2v) is 17.9. The minimum Gasteiger partial charge on any atom is -0.451 e. The first kappa shape index (κ1) is 51.5. The lowest BCUT2D eigenvalue weighted by Gasteiger charge is -2.28. The van der Waals surface area contributed by atoms with Crippen molar-refractivity contribution in [3.8, 4) is 12.3 Å². The lowest BCUT2D eigenvalue weighted by Crippen LogP contribution is -2.54. The quantitative estimate of drug-likeness (QED) is 0.0114. The molecule has 4 N–H and O–H groups in total. The van der Waals surface area contributed by atoms with Gasteiger partial charge >= 0.3 is 14.5 Å². The van der Waals surface area contributed by atoms with Crippen LogP contribution in [-0.2, 0) is 37.6 Å². The summed E-state index contributed by atoms with van der Waals surface area (Å²) in [6.45, 7) is 9.37. The molecule has 0 aliphatic rings. The monoisotopic (exact) mass is 802 g/mol. The zero-order chi connectivity index (χ0) is 40.2. The highest BCUT2D eigenvalue weighted by Gasteiger charge is 2.32. The highest BCUT2D eigenvalue weighted by atomic mass is 33.1. The van der Waals surface area contributed by atoms with E-state index in [0.717, 1.165) is 19.3 Å². The molecule has 0 radical (unpaired) electrons. The first-order valence-corrected chi connectivity index (χ1v) is 23.0. The van der Waals surface area contributed by atoms with Crippen LogP contribution >= 0.6 is 21.6 Å². The van der Waals surface area contributed by atoms with Crippen molar-refractivity contribution in [2.24, 2.45) is 10.2 Å². The van der Waals surface area contributed by atoms with Crippen molar-refractivity contribution in [2.75, 3.05) is 57.5 Å². The number of nitrogens with zero attached hydrogens (tertiary/aromatic N) is 6. The zero-order valence-corrected chi connectivity index (χ0v) is 34.4. The van der Waals surface area contributed by atoms with Crippen LogP contribution in [0.25, 0.3) is 20.9 Å². The number of ether oxygens (including phenoxy) is 1. The van der Waals surface area contributed by atoms with E-state index in [0.29, 0.717) is 32.2 Å². The molecule has 300 valence electrons. The van der Waals surface area contributed by atoms with E-state index in [9.17, 15) is 24.0 Å². The highest BCUT2D eigenvalue weighted by molar-refractivity contribution is 8.76. The number of hydrogen-bond donors (Lipinski definition) is 4. The van der Waals surface area contributed by atoms with Crippen molar-refractivity contribution in [1.82, 2.24) is 21.3 Å². The molecule has 4 amide bonds. The molecule has 0 aromatic carbocycles. The third kappa shape index (κ3) is 32.7. The van der Waals surface area contributed by atoms with Gasteiger partial charge in [0.15, 0.2) is 6.61 Å². The summed E-state index contributed by atoms with van der Waals surface area (Å²) >= 11 is 0. The van der Waals surface area contributed by atoms with Crippen LogP contribution in [0.4, 0.5) is 0 Å². The fourth-order valence-corrected chi connectivity index (χ4v) is 6.42. The van der Waals surface area contributed by atoms with Crippen LogP contribution in [0.2, 0.25) is 13.1 Å². The van der Waals surface area contributed by atoms with Gasteiger partial charge in [0.2, 0.25) is 23.6 Å². The molecule has 0 aromatic rings. The number of esters is 1. The van der Waals surface area contributed by atoms with Crippen molar-refractivity contribution < 1.29 is 37.6 Å². The normalized spacial score (nSPS) is 11.5. The molecule has 0 fully saturated rings. The fourth-order valence-electron chi connectivity index (χ4n) is 3.87. The van der Waals surface area contributed by atoms with Crippen LogP contribution in [0.1, 0.15) is 78.6 Å². The van der Waals surface area contributed by atoms with Crippen LogP contribution < -0.4 is 21.3 Å². The topological polar surface area (TPSA) is 259 Å². The maximum absolute atomic E-state index is 12.9. The number of azide groups is 2. The molecular weight excluding hydrogens is 745 g/mol. The number of terminal acetylenes is 1. The Morgan fingerprint density at radius 1 is 0.774 bits per heavy atom. The van der Waals surface area contributed by atoms with E-state index in [2.05, 4.69) is 61.1 Å². The van der Waals surface area contributed by atoms with E-state index in [1.807, 2.05) is 28.5 Å². The number of rotatable bonds is 30. The van der Waals surface area contributed by atoms with E-state index in [-0.39, 0.29) is 51.7 Å². The van der Waals surface area contributed by atoms with Crippen LogP contribution in [-0.4, -0.2) is 108 Å². The molecule has 21 heteroatoms. The average molecular weight is 803 g/mol. The van der Waals surface area contributed by atoms with Gasteiger partial charge in [-0.3, -0.25) is 24.0 Å². The fraction of sp³-hybridized carbons (Fsp3) is 0.781. The van der Waals surface area contributed by atoms with Gasteiger partial charge in [-0.05, 0) is 56.3 Å². The van der Waals surface area contributed by atoms with Crippen molar-refractivity contribution in [2.45, 2.75) is 104 Å². The Kier molecular flexibility index (Phi) is 34.4. The predicted molar refractivity (Wildman–Crippen MR) is 211 cm³/mol. The molecule has 18 nitrogen and oxygen atoms in total. The van der Waals surface area contributed by atoms with Crippen molar-refractivity contribution >= 4 is 59.7 Å². The summed E-state index contributed by atoms with van der Waals surface area (Å²) in [4.78, 5) is 68.1. The molecule has 0 aromatic heterocycles. The molecule has 2 unspecified atom stereocenters. The first-order valence-electron chi connectivity index (χ1n) is 17.7. The summed E-state index contributed by atoms with van der Waals surface area (Å²) in [6, 6.07) is -2.23. The summed E-state index contributed by atoms with van der Waals surface area (Å²) < 4.78 is 16.7. The minimum absolute atomic E-state index is 0.0482. The Balaban J connectivity index is 0. The number of amides is 4. The highest BCUT2D eigenvalue weighted by Crippen LogP contribution is 2.18. The van der Waals surface area contributed by atoms with Gasteiger partial charge in [-0.25, -0.2) is 0 Å². The SMILES string of the molecule is C#CCOC(=O)CNC(=O)C(CO[Si](C)(C)OCC(NC(=O)CCCCN=[N+]=[N-])C(=O)NCCCCC)NC(=O)CCCCN=[N+]=[N-].CCSSCC. The summed E-state index contributed by atoms with van der Waals surface area (Å²) in [5.41, 5.74) is 16.8. The summed E-state index contributed by atoms with van der Waals surface area (Å²) in [5, 5.41) is 17.3. The van der Waals surface area contributed by atoms with Gasteiger partial charge in [-0.2, -0.15) is 0 Å². The van der Waals surface area contributed by atoms with Crippen molar-refractivity contribution in [1.29, 1.82) is 0 Å². The van der Waals surface area contributed by atoms with E-state index in [1.165, 1.54) is 11.5 Å². The van der Waals surface area contributed by atoms with Gasteiger partial charge in [0, 0.05) is 53.8 Å². The van der Waals surface area contributed by atoms with E-state index >= 15 is 0 Å². The van der Waals surface area contributed by atoms with Crippen LogP contribution in [0.3, 0.4) is 0 Å². The van der Waals surface area contributed by atoms with Gasteiger partial charge in [-0.15, -0.1) is 6.42 Å². The lowest BCUT2D eigenvalue weighted by atomic mass is 10.2. The molecule has 53 heavy (non-hydrogen) atoms. The smallest absolute Gasteiger partial charge is 0.331 e. The number of hydrogen-bond acceptors (Lipinski definition) is 12. The first-order chi connectivity index (χ1) is 25.4. The molecule has 0 spiro atoms. The molecular formula is C32H58N10O8S2Si. The number of carbonyl (C=O) groups is 5. The maximum atomic E-state index is 12.9. The van der Waals surface area contributed by atoms with Crippen LogP contribution in [0.15, 0.2) is 10.2 Å². The number of unbranched alkanes of at least 4 members (excludes halogenated alkanes) is 4. The van der Waals surface area contributed by atoms with Crippen LogP contribution in [0.5, 0.6) is 0 Å². The third-order valence-corrected chi connectivity index (χ3v) is 10.8. The van der Waals surface area contributed by atoms with Crippen molar-refractivity contribution in [3.05, 3.63) is 20.9 Å². The van der Waals surface area contributed by atoms with Gasteiger partial charge in [0.25, 0.3) is 0 Å². The molecule has 0 saturated heterocycles. The Hall–Kier alpha value is -3.63. The molecule has 0 aliphatic heterocycles. The van der Waals surface area contributed by atoms with Crippen molar-refractivity contribution in [3.63, 3.8) is 0 Å². The predicted octanol–water partition coefficient (Wildman–Crippen LogP) is 4.66. The van der Waals surface area contributed by atoms with Crippen LogP contribution in [0, 0.1) is 12.3 Å². The van der Waals surface area contributed by atoms with Gasteiger partial charge < -0.3 is 34.9 Å². The molecule has 0 heterocycles. The maximum Gasteiger partial charge on any atom is 0.331 e. The minimum atomic E-state index is -3.08. The van der Waals surface area contributed by atoms with E-state index in [4.69, 9.17) is 31.1 Å². The molecule has 0 aliphatic carbocycles. The van der Waals surface area contributed by atoms with Gasteiger partial charge in [0.1, 0.15) is 18.6 Å². The number of nitrogens with one attached hydrogen (secondary N) is 4. The lowest BCUT2D eigenvalue weighted by molar-refractivity contribution is -0.143. The molecule has 0 rings (SSSR count). The molecule has 0 bridgehead atoms. The summed E-state index contributed by atoms with van der Waals surface area (Å²) in [7, 11) is 0.770. The van der Waals surface area contributed by atoms with Gasteiger partial charge in [0.05, 0.1) is 13.2 Å². The Labute approximate surface area is 322 Å². The number of carbonyl (C=O) groups excluding carboxylic acids is 5. The summed E-state index contributed by atoms with van der Waals surface area (Å²) in [6.07, 6.45) is 9.77. The molecule has 0 saturated carbocycles. The third-order valence-electron chi connectivity index (χ3n) is 6.57.